The number of hydrogen-bond acceptors (Lipinski definition) is 4. The fraction of sp³-hybridized carbons (Fsp3) is 0.278. The molecule has 1 aromatic carbocycles. The number of nitrogens with zero attached hydrogens (tertiary/aromatic N) is 1. The normalized spacial score (nSPS) is 16.8. The van der Waals surface area contributed by atoms with Gasteiger partial charge in [-0.25, -0.2) is 4.79 Å². The third-order valence-corrected chi connectivity index (χ3v) is 5.13. The molecule has 136 valence electrons. The van der Waals surface area contributed by atoms with Crippen molar-refractivity contribution in [2.24, 2.45) is 5.92 Å². The number of anilines is 2. The summed E-state index contributed by atoms with van der Waals surface area (Å²) < 4.78 is 0. The van der Waals surface area contributed by atoms with E-state index in [9.17, 15) is 14.4 Å². The minimum Gasteiger partial charge on any atom is -0.481 e. The fourth-order valence-corrected chi connectivity index (χ4v) is 3.70. The minimum atomic E-state index is -0.867. The van der Waals surface area contributed by atoms with Gasteiger partial charge in [0.1, 0.15) is 0 Å². The highest BCUT2D eigenvalue weighted by molar-refractivity contribution is 7.18. The molecule has 3 N–H and O–H groups in total. The predicted octanol–water partition coefficient (Wildman–Crippen LogP) is 3.33. The Balaban J connectivity index is 1.59. The van der Waals surface area contributed by atoms with Gasteiger partial charge in [0.25, 0.3) is 5.91 Å². The SMILES string of the molecule is O=C(Nc1ccccc1)Nc1ccc(C(=O)N2CCCC(C(=O)O)C2)s1. The molecule has 2 heterocycles. The Morgan fingerprint density at radius 2 is 1.85 bits per heavy atom. The predicted molar refractivity (Wildman–Crippen MR) is 99.7 cm³/mol. The quantitative estimate of drug-likeness (QED) is 0.765. The summed E-state index contributed by atoms with van der Waals surface area (Å²) >= 11 is 1.17. The highest BCUT2D eigenvalue weighted by Crippen LogP contribution is 2.26. The maximum absolute atomic E-state index is 12.6. The van der Waals surface area contributed by atoms with Gasteiger partial charge in [-0.2, -0.15) is 0 Å². The number of carbonyl (C=O) groups is 3. The molecular formula is C18H19N3O4S. The Bertz CT molecular complexity index is 806. The van der Waals surface area contributed by atoms with Crippen molar-refractivity contribution in [3.8, 4) is 0 Å². The van der Waals surface area contributed by atoms with Crippen LogP contribution in [0.15, 0.2) is 42.5 Å². The van der Waals surface area contributed by atoms with Gasteiger partial charge >= 0.3 is 12.0 Å². The largest absolute Gasteiger partial charge is 0.481 e. The van der Waals surface area contributed by atoms with Crippen LogP contribution in [0.1, 0.15) is 22.5 Å². The first-order chi connectivity index (χ1) is 12.5. The number of hydrogen-bond donors (Lipinski definition) is 3. The number of aliphatic carboxylic acids is 1. The molecule has 1 saturated heterocycles. The lowest BCUT2D eigenvalue weighted by Crippen LogP contribution is -2.42. The number of carboxylic acids is 1. The molecule has 1 aliphatic rings. The van der Waals surface area contributed by atoms with Crippen LogP contribution in [0.3, 0.4) is 0 Å². The highest BCUT2D eigenvalue weighted by atomic mass is 32.1. The lowest BCUT2D eigenvalue weighted by molar-refractivity contribution is -0.143. The van der Waals surface area contributed by atoms with Crippen LogP contribution in [-0.4, -0.2) is 41.0 Å². The molecule has 3 amide bonds. The van der Waals surface area contributed by atoms with Crippen LogP contribution >= 0.6 is 11.3 Å². The Hall–Kier alpha value is -2.87. The number of likely N-dealkylation sites (tertiary alicyclic amines) is 1. The van der Waals surface area contributed by atoms with Crippen molar-refractivity contribution in [1.82, 2.24) is 4.90 Å². The van der Waals surface area contributed by atoms with Gasteiger partial charge in [-0.1, -0.05) is 18.2 Å². The maximum Gasteiger partial charge on any atom is 0.324 e. The summed E-state index contributed by atoms with van der Waals surface area (Å²) in [5, 5.41) is 15.1. The number of rotatable bonds is 4. The molecular weight excluding hydrogens is 354 g/mol. The van der Waals surface area contributed by atoms with Crippen molar-refractivity contribution >= 4 is 39.9 Å². The number of carbonyl (C=O) groups excluding carboxylic acids is 2. The van der Waals surface area contributed by atoms with Crippen molar-refractivity contribution in [2.75, 3.05) is 23.7 Å². The second-order valence-corrected chi connectivity index (χ2v) is 7.12. The summed E-state index contributed by atoms with van der Waals surface area (Å²) in [5.74, 6) is -1.58. The summed E-state index contributed by atoms with van der Waals surface area (Å²) in [6, 6.07) is 12.0. The number of piperidine rings is 1. The molecule has 3 rings (SSSR count). The summed E-state index contributed by atoms with van der Waals surface area (Å²) in [6.07, 6.45) is 1.27. The monoisotopic (exact) mass is 373 g/mol. The van der Waals surface area contributed by atoms with Gasteiger partial charge in [0.2, 0.25) is 0 Å². The smallest absolute Gasteiger partial charge is 0.324 e. The first kappa shape index (κ1) is 17.9. The average molecular weight is 373 g/mol. The second-order valence-electron chi connectivity index (χ2n) is 6.04. The van der Waals surface area contributed by atoms with Gasteiger partial charge in [-0.05, 0) is 37.1 Å². The Kier molecular flexibility index (Phi) is 5.52. The van der Waals surface area contributed by atoms with Crippen molar-refractivity contribution in [3.05, 3.63) is 47.3 Å². The first-order valence-corrected chi connectivity index (χ1v) is 9.09. The Morgan fingerprint density at radius 3 is 2.58 bits per heavy atom. The van der Waals surface area contributed by atoms with Crippen molar-refractivity contribution in [2.45, 2.75) is 12.8 Å². The van der Waals surface area contributed by atoms with Crippen LogP contribution in [0, 0.1) is 5.92 Å². The molecule has 1 aromatic heterocycles. The fourth-order valence-electron chi connectivity index (χ4n) is 2.83. The van der Waals surface area contributed by atoms with Crippen molar-refractivity contribution < 1.29 is 19.5 Å². The van der Waals surface area contributed by atoms with Gasteiger partial charge < -0.3 is 15.3 Å². The summed E-state index contributed by atoms with van der Waals surface area (Å²) in [4.78, 5) is 37.8. The number of amides is 3. The van der Waals surface area contributed by atoms with Gasteiger partial charge in [-0.15, -0.1) is 11.3 Å². The highest BCUT2D eigenvalue weighted by Gasteiger charge is 2.29. The number of thiophene rings is 1. The molecule has 0 spiro atoms. The Morgan fingerprint density at radius 1 is 1.08 bits per heavy atom. The molecule has 0 saturated carbocycles. The Labute approximate surface area is 154 Å². The lowest BCUT2D eigenvalue weighted by Gasteiger charge is -2.30. The van der Waals surface area contributed by atoms with Crippen LogP contribution in [0.5, 0.6) is 0 Å². The average Bonchev–Trinajstić information content (AvgIpc) is 3.10. The van der Waals surface area contributed by atoms with E-state index in [0.717, 1.165) is 0 Å². The topological polar surface area (TPSA) is 98.7 Å². The van der Waals surface area contributed by atoms with Crippen molar-refractivity contribution in [3.63, 3.8) is 0 Å². The molecule has 1 atom stereocenters. The minimum absolute atomic E-state index is 0.197. The third kappa shape index (κ3) is 4.40. The van der Waals surface area contributed by atoms with Crippen LogP contribution in [0.4, 0.5) is 15.5 Å². The lowest BCUT2D eigenvalue weighted by atomic mass is 9.98. The van der Waals surface area contributed by atoms with Gasteiger partial charge in [0, 0.05) is 18.8 Å². The number of nitrogens with one attached hydrogen (secondary N) is 2. The molecule has 1 unspecified atom stereocenters. The maximum atomic E-state index is 12.6. The van der Waals surface area contributed by atoms with E-state index >= 15 is 0 Å². The van der Waals surface area contributed by atoms with Gasteiger partial charge in [-0.3, -0.25) is 14.9 Å². The van der Waals surface area contributed by atoms with Crippen LogP contribution in [0.2, 0.25) is 0 Å². The molecule has 1 fully saturated rings. The molecule has 1 aliphatic heterocycles. The standard InChI is InChI=1S/C18H19N3O4S/c22-16(21-10-4-5-12(11-21)17(23)24)14-8-9-15(26-14)20-18(25)19-13-6-2-1-3-7-13/h1-3,6-9,12H,4-5,10-11H2,(H,23,24)(H2,19,20,25). The van der Waals surface area contributed by atoms with E-state index in [-0.39, 0.29) is 18.5 Å². The zero-order chi connectivity index (χ0) is 18.5. The molecule has 0 radical (unpaired) electrons. The molecule has 8 heteroatoms. The van der Waals surface area contributed by atoms with Crippen LogP contribution in [0.25, 0.3) is 0 Å². The van der Waals surface area contributed by atoms with Crippen LogP contribution < -0.4 is 10.6 Å². The zero-order valence-corrected chi connectivity index (χ0v) is 14.8. The van der Waals surface area contributed by atoms with Gasteiger partial charge in [0.05, 0.1) is 15.8 Å². The second kappa shape index (κ2) is 8.01. The summed E-state index contributed by atoms with van der Waals surface area (Å²) in [6.45, 7) is 0.779. The molecule has 7 nitrogen and oxygen atoms in total. The first-order valence-electron chi connectivity index (χ1n) is 8.28. The van der Waals surface area contributed by atoms with E-state index in [4.69, 9.17) is 5.11 Å². The van der Waals surface area contributed by atoms with E-state index in [1.807, 2.05) is 18.2 Å². The number of urea groups is 1. The number of para-hydroxylation sites is 1. The van der Waals surface area contributed by atoms with E-state index in [0.29, 0.717) is 35.0 Å². The summed E-state index contributed by atoms with van der Waals surface area (Å²) in [7, 11) is 0. The molecule has 0 aliphatic carbocycles. The van der Waals surface area contributed by atoms with Gasteiger partial charge in [0.15, 0.2) is 0 Å². The molecule has 26 heavy (non-hydrogen) atoms. The van der Waals surface area contributed by atoms with E-state index < -0.39 is 11.9 Å². The molecule has 2 aromatic rings. The van der Waals surface area contributed by atoms with Crippen LogP contribution in [-0.2, 0) is 4.79 Å². The zero-order valence-electron chi connectivity index (χ0n) is 14.0. The molecule has 0 bridgehead atoms. The van der Waals surface area contributed by atoms with E-state index in [2.05, 4.69) is 10.6 Å². The number of carboxylic acid groups (broad SMARTS) is 1. The third-order valence-electron chi connectivity index (χ3n) is 4.14. The van der Waals surface area contributed by atoms with Crippen molar-refractivity contribution in [1.29, 1.82) is 0 Å². The van der Waals surface area contributed by atoms with E-state index in [1.54, 1.807) is 29.2 Å². The summed E-state index contributed by atoms with van der Waals surface area (Å²) in [5.41, 5.74) is 0.672. The van der Waals surface area contributed by atoms with E-state index in [1.165, 1.54) is 11.3 Å². The number of benzene rings is 1.